The van der Waals surface area contributed by atoms with Gasteiger partial charge in [-0.05, 0) is 73.3 Å². The number of rotatable bonds is 17. The number of esters is 1. The molecule has 1 aliphatic carbocycles. The molecule has 47 heavy (non-hydrogen) atoms. The quantitative estimate of drug-likeness (QED) is 0.0846. The summed E-state index contributed by atoms with van der Waals surface area (Å²) in [7, 11) is 2.87. The Morgan fingerprint density at radius 1 is 0.830 bits per heavy atom. The van der Waals surface area contributed by atoms with Crippen LogP contribution in [0.1, 0.15) is 36.8 Å². The number of ether oxygens (including phenoxy) is 4. The van der Waals surface area contributed by atoms with E-state index in [2.05, 4.69) is 15.0 Å². The van der Waals surface area contributed by atoms with Crippen molar-refractivity contribution in [3.05, 3.63) is 89.6 Å². The van der Waals surface area contributed by atoms with E-state index in [0.29, 0.717) is 84.7 Å². The highest BCUT2D eigenvalue weighted by molar-refractivity contribution is 6.11. The van der Waals surface area contributed by atoms with Crippen LogP contribution in [0.15, 0.2) is 66.9 Å². The number of fused-ring (bicyclic) bond motifs is 1. The van der Waals surface area contributed by atoms with E-state index >= 15 is 4.39 Å². The minimum atomic E-state index is -1.07. The smallest absolute Gasteiger partial charge is 0.306 e. The average Bonchev–Trinajstić information content (AvgIpc) is 3.89. The molecule has 246 valence electrons. The number of nitrogens with one attached hydrogen (secondary N) is 1. The summed E-state index contributed by atoms with van der Waals surface area (Å²) in [6.45, 7) is 1.56. The first-order valence-electron chi connectivity index (χ1n) is 15.4. The number of carbonyl (C=O) groups is 3. The second-order valence-electron chi connectivity index (χ2n) is 11.4. The van der Waals surface area contributed by atoms with Crippen molar-refractivity contribution in [2.75, 3.05) is 33.9 Å². The van der Waals surface area contributed by atoms with E-state index < -0.39 is 17.0 Å². The second kappa shape index (κ2) is 15.1. The molecular formula is C36H36F2N2O7. The Labute approximate surface area is 271 Å². The first-order valence-corrected chi connectivity index (χ1v) is 15.4. The normalized spacial score (nSPS) is 13.2. The van der Waals surface area contributed by atoms with Crippen LogP contribution in [0.3, 0.4) is 0 Å². The molecule has 4 aromatic rings. The highest BCUT2D eigenvalue weighted by atomic mass is 19.1. The molecule has 3 aromatic carbocycles. The maximum Gasteiger partial charge on any atom is 0.306 e. The molecule has 1 heterocycles. The Bertz CT molecular complexity index is 1760. The Morgan fingerprint density at radius 2 is 1.55 bits per heavy atom. The Balaban J connectivity index is 1.21. The van der Waals surface area contributed by atoms with Gasteiger partial charge >= 0.3 is 5.97 Å². The van der Waals surface area contributed by atoms with Gasteiger partial charge < -0.3 is 24.3 Å². The van der Waals surface area contributed by atoms with Crippen LogP contribution in [-0.2, 0) is 32.0 Å². The van der Waals surface area contributed by atoms with Crippen LogP contribution in [0.5, 0.6) is 23.0 Å². The van der Waals surface area contributed by atoms with Crippen LogP contribution < -0.4 is 19.5 Å². The fraction of sp³-hybridized carbons (Fsp3) is 0.333. The lowest BCUT2D eigenvalue weighted by Crippen LogP contribution is -2.28. The van der Waals surface area contributed by atoms with E-state index in [1.807, 2.05) is 0 Å². The molecule has 5 rings (SSSR count). The van der Waals surface area contributed by atoms with E-state index in [9.17, 15) is 18.8 Å². The average molecular weight is 647 g/mol. The fourth-order valence-electron chi connectivity index (χ4n) is 5.29. The van der Waals surface area contributed by atoms with Gasteiger partial charge in [0.1, 0.15) is 11.6 Å². The van der Waals surface area contributed by atoms with Crippen LogP contribution in [-0.4, -0.2) is 56.4 Å². The Morgan fingerprint density at radius 3 is 2.23 bits per heavy atom. The molecule has 9 nitrogen and oxygen atoms in total. The number of ketones is 2. The Hall–Kier alpha value is -4.90. The minimum Gasteiger partial charge on any atom is -0.493 e. The monoisotopic (exact) mass is 646 g/mol. The summed E-state index contributed by atoms with van der Waals surface area (Å²) in [5, 5.41) is 3.73. The third kappa shape index (κ3) is 8.28. The van der Waals surface area contributed by atoms with Crippen molar-refractivity contribution in [2.24, 2.45) is 5.41 Å². The second-order valence-corrected chi connectivity index (χ2v) is 11.4. The van der Waals surface area contributed by atoms with E-state index in [0.717, 1.165) is 0 Å². The SMILES string of the molecule is COC(=O)CCNCCCOc1cc2nccc(Oc3ccc(CC(=O)C4(C(=O)Cc5ccc(F)cc5)CC4)cc3F)c2cc1OC. The summed E-state index contributed by atoms with van der Waals surface area (Å²) < 4.78 is 50.5. The summed E-state index contributed by atoms with van der Waals surface area (Å²) >= 11 is 0. The molecule has 0 saturated heterocycles. The van der Waals surface area contributed by atoms with Gasteiger partial charge in [0.25, 0.3) is 0 Å². The predicted molar refractivity (Wildman–Crippen MR) is 170 cm³/mol. The third-order valence-corrected chi connectivity index (χ3v) is 8.15. The predicted octanol–water partition coefficient (Wildman–Crippen LogP) is 5.94. The summed E-state index contributed by atoms with van der Waals surface area (Å²) in [5.74, 6) is -0.526. The van der Waals surface area contributed by atoms with Crippen molar-refractivity contribution in [3.8, 4) is 23.0 Å². The number of pyridine rings is 1. The number of carbonyl (C=O) groups excluding carboxylic acids is 3. The van der Waals surface area contributed by atoms with Gasteiger partial charge in [-0.2, -0.15) is 0 Å². The minimum absolute atomic E-state index is 0.0405. The highest BCUT2D eigenvalue weighted by Gasteiger charge is 2.54. The van der Waals surface area contributed by atoms with Crippen molar-refractivity contribution in [2.45, 2.75) is 38.5 Å². The van der Waals surface area contributed by atoms with E-state index in [-0.39, 0.29) is 36.1 Å². The van der Waals surface area contributed by atoms with Gasteiger partial charge in [-0.1, -0.05) is 18.2 Å². The number of hydrogen-bond donors (Lipinski definition) is 1. The first kappa shape index (κ1) is 33.5. The van der Waals surface area contributed by atoms with Crippen molar-refractivity contribution >= 4 is 28.4 Å². The summed E-state index contributed by atoms with van der Waals surface area (Å²) in [4.78, 5) is 41.8. The fourth-order valence-corrected chi connectivity index (χ4v) is 5.29. The molecular weight excluding hydrogens is 610 g/mol. The number of nitrogens with zero attached hydrogens (tertiary/aromatic N) is 1. The number of aromatic nitrogens is 1. The number of methoxy groups -OCH3 is 2. The standard InChI is InChI=1S/C36H36F2N2O7/c1-44-31-21-26-28(22-32(31)46-17-3-14-39-15-11-35(43)45-2)40-16-10-29(26)47-30-9-6-24(18-27(30)38)20-34(42)36(12-13-36)33(41)19-23-4-7-25(37)8-5-23/h4-10,16,18,21-22,39H,3,11-15,17,19-20H2,1-2H3. The van der Waals surface area contributed by atoms with Gasteiger partial charge in [-0.25, -0.2) is 8.78 Å². The maximum absolute atomic E-state index is 15.3. The lowest BCUT2D eigenvalue weighted by molar-refractivity contribution is -0.140. The van der Waals surface area contributed by atoms with Crippen LogP contribution >= 0.6 is 0 Å². The molecule has 11 heteroatoms. The van der Waals surface area contributed by atoms with Crippen LogP contribution in [0, 0.1) is 17.0 Å². The Kier molecular flexibility index (Phi) is 10.8. The van der Waals surface area contributed by atoms with Gasteiger partial charge in [-0.15, -0.1) is 0 Å². The largest absolute Gasteiger partial charge is 0.493 e. The van der Waals surface area contributed by atoms with Crippen molar-refractivity contribution in [3.63, 3.8) is 0 Å². The topological polar surface area (TPSA) is 113 Å². The maximum atomic E-state index is 15.3. The molecule has 0 atom stereocenters. The molecule has 0 unspecified atom stereocenters. The number of benzene rings is 3. The lowest BCUT2D eigenvalue weighted by atomic mass is 9.88. The van der Waals surface area contributed by atoms with Gasteiger partial charge in [0, 0.05) is 37.0 Å². The summed E-state index contributed by atoms with van der Waals surface area (Å²) in [5.41, 5.74) is 0.561. The van der Waals surface area contributed by atoms with Gasteiger partial charge in [-0.3, -0.25) is 19.4 Å². The van der Waals surface area contributed by atoms with E-state index in [1.165, 1.54) is 50.6 Å². The molecule has 1 N–H and O–H groups in total. The summed E-state index contributed by atoms with van der Waals surface area (Å²) in [6.07, 6.45) is 3.39. The molecule has 1 aliphatic rings. The molecule has 0 aliphatic heterocycles. The van der Waals surface area contributed by atoms with Crippen LogP contribution in [0.25, 0.3) is 10.9 Å². The van der Waals surface area contributed by atoms with Crippen molar-refractivity contribution in [1.82, 2.24) is 10.3 Å². The number of halogens is 2. The first-order chi connectivity index (χ1) is 22.7. The number of Topliss-reactive ketones (excluding diaryl/α,β-unsaturated/α-hetero) is 2. The molecule has 0 bridgehead atoms. The van der Waals surface area contributed by atoms with Crippen LogP contribution in [0.4, 0.5) is 8.78 Å². The van der Waals surface area contributed by atoms with Gasteiger partial charge in [0.2, 0.25) is 0 Å². The van der Waals surface area contributed by atoms with E-state index in [1.54, 1.807) is 30.5 Å². The molecule has 0 amide bonds. The lowest BCUT2D eigenvalue weighted by Gasteiger charge is -2.15. The van der Waals surface area contributed by atoms with Crippen LogP contribution in [0.2, 0.25) is 0 Å². The number of hydrogen-bond acceptors (Lipinski definition) is 9. The molecule has 0 radical (unpaired) electrons. The van der Waals surface area contributed by atoms with Gasteiger partial charge in [0.05, 0.1) is 38.2 Å². The zero-order valence-corrected chi connectivity index (χ0v) is 26.3. The third-order valence-electron chi connectivity index (χ3n) is 8.15. The zero-order chi connectivity index (χ0) is 33.4. The van der Waals surface area contributed by atoms with Gasteiger partial charge in [0.15, 0.2) is 34.6 Å². The molecule has 1 aromatic heterocycles. The summed E-state index contributed by atoms with van der Waals surface area (Å²) in [6, 6.07) is 15.0. The highest BCUT2D eigenvalue weighted by Crippen LogP contribution is 2.49. The zero-order valence-electron chi connectivity index (χ0n) is 26.3. The van der Waals surface area contributed by atoms with Crippen molar-refractivity contribution in [1.29, 1.82) is 0 Å². The van der Waals surface area contributed by atoms with Crippen molar-refractivity contribution < 1.29 is 42.1 Å². The molecule has 0 spiro atoms. The van der Waals surface area contributed by atoms with E-state index in [4.69, 9.17) is 14.2 Å². The molecule has 1 saturated carbocycles. The molecule has 1 fully saturated rings.